The van der Waals surface area contributed by atoms with Gasteiger partial charge in [-0.1, -0.05) is 6.07 Å². The van der Waals surface area contributed by atoms with E-state index >= 15 is 0 Å². The van der Waals surface area contributed by atoms with Crippen molar-refractivity contribution in [2.45, 2.75) is 13.5 Å². The first-order chi connectivity index (χ1) is 15.3. The summed E-state index contributed by atoms with van der Waals surface area (Å²) in [5.41, 5.74) is 1.70. The number of carboxylic acid groups (broad SMARTS) is 1. The number of pyridine rings is 1. The molecule has 0 fully saturated rings. The highest BCUT2D eigenvalue weighted by Crippen LogP contribution is 2.37. The fourth-order valence-electron chi connectivity index (χ4n) is 3.33. The number of carboxylic acids is 1. The van der Waals surface area contributed by atoms with Gasteiger partial charge in [0.25, 0.3) is 0 Å². The summed E-state index contributed by atoms with van der Waals surface area (Å²) < 4.78 is 26.9. The Morgan fingerprint density at radius 1 is 1.09 bits per heavy atom. The minimum absolute atomic E-state index is 0.0266. The molecule has 0 spiro atoms. The summed E-state index contributed by atoms with van der Waals surface area (Å²) in [7, 11) is 0. The van der Waals surface area contributed by atoms with Crippen molar-refractivity contribution in [1.82, 2.24) is 9.55 Å². The van der Waals surface area contributed by atoms with E-state index in [0.717, 1.165) is 0 Å². The van der Waals surface area contributed by atoms with Crippen molar-refractivity contribution >= 4 is 17.0 Å². The third kappa shape index (κ3) is 4.27. The van der Waals surface area contributed by atoms with Gasteiger partial charge in [0.15, 0.2) is 23.9 Å². The molecule has 0 saturated carbocycles. The van der Waals surface area contributed by atoms with Crippen LogP contribution in [0.1, 0.15) is 11.3 Å². The Balaban J connectivity index is 1.73. The van der Waals surface area contributed by atoms with Gasteiger partial charge in [-0.25, -0.2) is 9.78 Å². The minimum Gasteiger partial charge on any atom is -0.508 e. The lowest BCUT2D eigenvalue weighted by atomic mass is 10.2. The van der Waals surface area contributed by atoms with Gasteiger partial charge in [-0.3, -0.25) is 0 Å². The lowest BCUT2D eigenvalue weighted by molar-refractivity contribution is -0.139. The number of aromatic hydroxyl groups is 2. The first kappa shape index (κ1) is 21.0. The average molecular weight is 438 g/mol. The third-order valence-corrected chi connectivity index (χ3v) is 4.85. The predicted molar refractivity (Wildman–Crippen MR) is 113 cm³/mol. The van der Waals surface area contributed by atoms with Gasteiger partial charge in [0.2, 0.25) is 5.95 Å². The van der Waals surface area contributed by atoms with Crippen molar-refractivity contribution in [3.63, 3.8) is 0 Å². The topological polar surface area (TPSA) is 114 Å². The molecule has 4 rings (SSSR count). The fourth-order valence-corrected chi connectivity index (χ4v) is 3.33. The summed E-state index contributed by atoms with van der Waals surface area (Å²) >= 11 is 0. The third-order valence-electron chi connectivity index (χ3n) is 4.85. The second-order valence-electron chi connectivity index (χ2n) is 7.09. The molecular weight excluding hydrogens is 419 g/mol. The average Bonchev–Trinajstić information content (AvgIpc) is 3.00. The van der Waals surface area contributed by atoms with Gasteiger partial charge >= 0.3 is 5.97 Å². The van der Waals surface area contributed by atoms with Gasteiger partial charge in [0.1, 0.15) is 17.1 Å². The summed E-state index contributed by atoms with van der Waals surface area (Å²) in [6, 6.07) is 13.6. The SMILES string of the molecule is Cc1c(Oc2ccc(O)cc2)c2ccc(F)nc2n1Cc1ccc(O)c(OCC(=O)O)c1. The molecule has 0 saturated heterocycles. The van der Waals surface area contributed by atoms with Crippen LogP contribution in [-0.4, -0.2) is 37.4 Å². The zero-order chi connectivity index (χ0) is 22.8. The standard InChI is InChI=1S/C23H19FN2O6/c1-13-22(32-16-5-3-15(27)4-6-16)17-7-9-20(24)25-23(17)26(13)11-14-2-8-18(28)19(10-14)31-12-21(29)30/h2-10,27-28H,11-12H2,1H3,(H,29,30). The molecule has 164 valence electrons. The summed E-state index contributed by atoms with van der Waals surface area (Å²) in [5, 5.41) is 28.8. The lowest BCUT2D eigenvalue weighted by Gasteiger charge is -2.11. The Labute approximate surface area is 181 Å². The second kappa shape index (κ2) is 8.46. The van der Waals surface area contributed by atoms with E-state index in [1.807, 2.05) is 0 Å². The number of carbonyl (C=O) groups is 1. The number of fused-ring (bicyclic) bond motifs is 1. The van der Waals surface area contributed by atoms with E-state index in [1.54, 1.807) is 35.8 Å². The normalized spacial score (nSPS) is 10.9. The second-order valence-corrected chi connectivity index (χ2v) is 7.09. The zero-order valence-electron chi connectivity index (χ0n) is 16.9. The van der Waals surface area contributed by atoms with Gasteiger partial charge in [-0.2, -0.15) is 4.39 Å². The van der Waals surface area contributed by atoms with E-state index < -0.39 is 18.5 Å². The molecule has 0 bridgehead atoms. The monoisotopic (exact) mass is 438 g/mol. The maximum atomic E-state index is 14.0. The zero-order valence-corrected chi connectivity index (χ0v) is 16.9. The quantitative estimate of drug-likeness (QED) is 0.371. The van der Waals surface area contributed by atoms with Crippen molar-refractivity contribution in [2.75, 3.05) is 6.61 Å². The van der Waals surface area contributed by atoms with Gasteiger partial charge in [-0.15, -0.1) is 0 Å². The molecule has 32 heavy (non-hydrogen) atoms. The molecule has 2 aromatic heterocycles. The molecule has 0 aliphatic rings. The summed E-state index contributed by atoms with van der Waals surface area (Å²) in [4.78, 5) is 14.8. The molecule has 2 heterocycles. The molecule has 0 unspecified atom stereocenters. The van der Waals surface area contributed by atoms with E-state index in [9.17, 15) is 19.4 Å². The minimum atomic E-state index is -1.17. The fraction of sp³-hybridized carbons (Fsp3) is 0.130. The van der Waals surface area contributed by atoms with E-state index in [4.69, 9.17) is 14.6 Å². The number of rotatable bonds is 7. The molecule has 8 nitrogen and oxygen atoms in total. The molecule has 3 N–H and O–H groups in total. The van der Waals surface area contributed by atoms with Crippen molar-refractivity contribution in [3.8, 4) is 28.7 Å². The largest absolute Gasteiger partial charge is 0.508 e. The van der Waals surface area contributed by atoms with Crippen molar-refractivity contribution in [3.05, 3.63) is 71.8 Å². The van der Waals surface area contributed by atoms with Crippen molar-refractivity contribution in [1.29, 1.82) is 0 Å². The number of nitrogens with zero attached hydrogens (tertiary/aromatic N) is 2. The van der Waals surface area contributed by atoms with Crippen LogP contribution in [0.15, 0.2) is 54.6 Å². The number of hydrogen-bond acceptors (Lipinski definition) is 6. The van der Waals surface area contributed by atoms with Crippen LogP contribution in [0.4, 0.5) is 4.39 Å². The number of aromatic nitrogens is 2. The van der Waals surface area contributed by atoms with Gasteiger partial charge in [-0.05, 0) is 61.0 Å². The van der Waals surface area contributed by atoms with E-state index in [-0.39, 0.29) is 23.8 Å². The number of phenols is 2. The Morgan fingerprint density at radius 2 is 1.84 bits per heavy atom. The maximum absolute atomic E-state index is 14.0. The number of phenolic OH excluding ortho intramolecular Hbond substituents is 2. The Morgan fingerprint density at radius 3 is 2.56 bits per heavy atom. The molecule has 0 atom stereocenters. The summed E-state index contributed by atoms with van der Waals surface area (Å²) in [5.74, 6) is -0.902. The number of halogens is 1. The lowest BCUT2D eigenvalue weighted by Crippen LogP contribution is -2.10. The Hall–Kier alpha value is -4.27. The van der Waals surface area contributed by atoms with Crippen LogP contribution in [0.5, 0.6) is 28.7 Å². The molecule has 0 amide bonds. The maximum Gasteiger partial charge on any atom is 0.341 e. The molecule has 0 aliphatic carbocycles. The highest BCUT2D eigenvalue weighted by molar-refractivity contribution is 5.86. The molecule has 2 aromatic carbocycles. The van der Waals surface area contributed by atoms with E-state index in [2.05, 4.69) is 4.98 Å². The van der Waals surface area contributed by atoms with E-state index in [1.165, 1.54) is 30.3 Å². The first-order valence-electron chi connectivity index (χ1n) is 9.60. The van der Waals surface area contributed by atoms with Gasteiger partial charge < -0.3 is 29.4 Å². The van der Waals surface area contributed by atoms with Crippen LogP contribution in [0.2, 0.25) is 0 Å². The smallest absolute Gasteiger partial charge is 0.341 e. The molecule has 0 aliphatic heterocycles. The molecular formula is C23H19FN2O6. The molecule has 9 heteroatoms. The van der Waals surface area contributed by atoms with Crippen LogP contribution in [0.3, 0.4) is 0 Å². The van der Waals surface area contributed by atoms with Gasteiger partial charge in [0, 0.05) is 6.54 Å². The predicted octanol–water partition coefficient (Wildman–Crippen LogP) is 4.20. The van der Waals surface area contributed by atoms with Crippen LogP contribution in [-0.2, 0) is 11.3 Å². The summed E-state index contributed by atoms with van der Waals surface area (Å²) in [6.45, 7) is 1.44. The first-order valence-corrected chi connectivity index (χ1v) is 9.60. The van der Waals surface area contributed by atoms with Crippen LogP contribution >= 0.6 is 0 Å². The molecule has 0 radical (unpaired) electrons. The van der Waals surface area contributed by atoms with Crippen LogP contribution in [0, 0.1) is 12.9 Å². The Kier molecular flexibility index (Phi) is 5.55. The Bertz CT molecular complexity index is 1300. The molecule has 4 aromatic rings. The van der Waals surface area contributed by atoms with E-state index in [0.29, 0.717) is 33.8 Å². The number of aliphatic carboxylic acids is 1. The highest BCUT2D eigenvalue weighted by Gasteiger charge is 2.19. The summed E-state index contributed by atoms with van der Waals surface area (Å²) in [6.07, 6.45) is 0. The number of ether oxygens (including phenoxy) is 2. The highest BCUT2D eigenvalue weighted by atomic mass is 19.1. The van der Waals surface area contributed by atoms with Crippen molar-refractivity contribution < 1.29 is 34.0 Å². The number of benzene rings is 2. The van der Waals surface area contributed by atoms with Gasteiger partial charge in [0.05, 0.1) is 11.1 Å². The number of hydrogen-bond donors (Lipinski definition) is 3. The van der Waals surface area contributed by atoms with Crippen molar-refractivity contribution in [2.24, 2.45) is 0 Å². The van der Waals surface area contributed by atoms with Crippen LogP contribution in [0.25, 0.3) is 11.0 Å². The van der Waals surface area contributed by atoms with Crippen LogP contribution < -0.4 is 9.47 Å².